The SMILES string of the molecule is COc1ccc(C(CC2CC3CCC2C3)NN)nn1. The molecule has 1 aromatic rings. The Morgan fingerprint density at radius 2 is 2.26 bits per heavy atom. The van der Waals surface area contributed by atoms with E-state index in [4.69, 9.17) is 10.6 Å². The van der Waals surface area contributed by atoms with Crippen molar-refractivity contribution in [1.82, 2.24) is 15.6 Å². The Morgan fingerprint density at radius 1 is 1.37 bits per heavy atom. The number of nitrogens with zero attached hydrogens (tertiary/aromatic N) is 2. The number of hydrogen-bond acceptors (Lipinski definition) is 5. The van der Waals surface area contributed by atoms with Crippen molar-refractivity contribution in [2.75, 3.05) is 7.11 Å². The highest BCUT2D eigenvalue weighted by atomic mass is 16.5. The van der Waals surface area contributed by atoms with Crippen LogP contribution in [0.25, 0.3) is 0 Å². The first-order valence-electron chi connectivity index (χ1n) is 7.14. The van der Waals surface area contributed by atoms with Gasteiger partial charge in [-0.3, -0.25) is 11.3 Å². The number of aromatic nitrogens is 2. The van der Waals surface area contributed by atoms with Gasteiger partial charge < -0.3 is 4.74 Å². The molecule has 0 spiro atoms. The van der Waals surface area contributed by atoms with Gasteiger partial charge in [0.15, 0.2) is 0 Å². The lowest BCUT2D eigenvalue weighted by Crippen LogP contribution is -2.31. The van der Waals surface area contributed by atoms with E-state index >= 15 is 0 Å². The molecule has 104 valence electrons. The molecule has 2 bridgehead atoms. The van der Waals surface area contributed by atoms with E-state index in [1.807, 2.05) is 12.1 Å². The summed E-state index contributed by atoms with van der Waals surface area (Å²) in [5, 5.41) is 8.23. The van der Waals surface area contributed by atoms with Crippen molar-refractivity contribution in [2.24, 2.45) is 23.6 Å². The summed E-state index contributed by atoms with van der Waals surface area (Å²) in [5.74, 6) is 8.92. The van der Waals surface area contributed by atoms with Crippen LogP contribution < -0.4 is 16.0 Å². The maximum Gasteiger partial charge on any atom is 0.233 e. The molecular formula is C14H22N4O. The molecule has 0 amide bonds. The summed E-state index contributed by atoms with van der Waals surface area (Å²) in [6.07, 6.45) is 6.70. The number of rotatable bonds is 5. The van der Waals surface area contributed by atoms with Gasteiger partial charge in [0, 0.05) is 6.07 Å². The number of hydrazine groups is 1. The molecule has 4 unspecified atom stereocenters. The van der Waals surface area contributed by atoms with Crippen LogP contribution in [0.15, 0.2) is 12.1 Å². The number of methoxy groups -OCH3 is 1. The highest BCUT2D eigenvalue weighted by Gasteiger charge is 2.40. The Bertz CT molecular complexity index is 422. The van der Waals surface area contributed by atoms with Gasteiger partial charge in [0.05, 0.1) is 18.8 Å². The number of nitrogens with one attached hydrogen (secondary N) is 1. The largest absolute Gasteiger partial charge is 0.480 e. The first-order chi connectivity index (χ1) is 9.30. The molecule has 3 rings (SSSR count). The molecule has 2 saturated carbocycles. The van der Waals surface area contributed by atoms with Gasteiger partial charge in [0.2, 0.25) is 5.88 Å². The second kappa shape index (κ2) is 5.43. The Balaban J connectivity index is 1.66. The monoisotopic (exact) mass is 262 g/mol. The minimum atomic E-state index is 0.0998. The van der Waals surface area contributed by atoms with E-state index in [2.05, 4.69) is 15.6 Å². The van der Waals surface area contributed by atoms with Crippen LogP contribution in [0, 0.1) is 17.8 Å². The molecule has 2 aliphatic rings. The van der Waals surface area contributed by atoms with E-state index in [0.29, 0.717) is 5.88 Å². The van der Waals surface area contributed by atoms with Crippen LogP contribution in [0.1, 0.15) is 43.8 Å². The third-order valence-electron chi connectivity index (χ3n) is 4.85. The summed E-state index contributed by atoms with van der Waals surface area (Å²) < 4.78 is 5.03. The zero-order chi connectivity index (χ0) is 13.2. The summed E-state index contributed by atoms with van der Waals surface area (Å²) in [4.78, 5) is 0. The predicted molar refractivity (Wildman–Crippen MR) is 72.2 cm³/mol. The molecule has 0 aromatic carbocycles. The van der Waals surface area contributed by atoms with Crippen LogP contribution in [-0.2, 0) is 0 Å². The highest BCUT2D eigenvalue weighted by molar-refractivity contribution is 5.14. The second-order valence-electron chi connectivity index (χ2n) is 5.89. The van der Waals surface area contributed by atoms with Gasteiger partial charge >= 0.3 is 0 Å². The van der Waals surface area contributed by atoms with Crippen molar-refractivity contribution < 1.29 is 4.74 Å². The molecule has 4 atom stereocenters. The number of ether oxygens (including phenoxy) is 1. The maximum absolute atomic E-state index is 5.70. The lowest BCUT2D eigenvalue weighted by Gasteiger charge is -2.25. The summed E-state index contributed by atoms with van der Waals surface area (Å²) in [5.41, 5.74) is 3.81. The third kappa shape index (κ3) is 2.58. The second-order valence-corrected chi connectivity index (χ2v) is 5.89. The third-order valence-corrected chi connectivity index (χ3v) is 4.85. The van der Waals surface area contributed by atoms with Gasteiger partial charge in [-0.2, -0.15) is 5.10 Å². The molecule has 1 aromatic heterocycles. The van der Waals surface area contributed by atoms with E-state index in [1.165, 1.54) is 25.7 Å². The molecular weight excluding hydrogens is 240 g/mol. The zero-order valence-electron chi connectivity index (χ0n) is 11.4. The zero-order valence-corrected chi connectivity index (χ0v) is 11.4. The normalized spacial score (nSPS) is 30.5. The standard InChI is InChI=1S/C14H22N4O/c1-19-14-5-4-12(17-18-14)13(16-15)8-11-7-9-2-3-10(11)6-9/h4-5,9-11,13,16H,2-3,6-8,15H2,1H3. The average Bonchev–Trinajstić information content (AvgIpc) is 3.07. The van der Waals surface area contributed by atoms with Gasteiger partial charge in [-0.25, -0.2) is 0 Å². The van der Waals surface area contributed by atoms with E-state index < -0.39 is 0 Å². The fourth-order valence-electron chi connectivity index (χ4n) is 3.87. The molecule has 2 aliphatic carbocycles. The van der Waals surface area contributed by atoms with Gasteiger partial charge in [-0.1, -0.05) is 6.42 Å². The molecule has 2 fully saturated rings. The Labute approximate surface area is 113 Å². The average molecular weight is 262 g/mol. The van der Waals surface area contributed by atoms with Crippen LogP contribution in [0.4, 0.5) is 0 Å². The van der Waals surface area contributed by atoms with Crippen LogP contribution in [0.5, 0.6) is 5.88 Å². The Kier molecular flexibility index (Phi) is 3.66. The van der Waals surface area contributed by atoms with E-state index in [0.717, 1.165) is 29.9 Å². The van der Waals surface area contributed by atoms with E-state index in [9.17, 15) is 0 Å². The van der Waals surface area contributed by atoms with Crippen LogP contribution in [0.3, 0.4) is 0 Å². The molecule has 19 heavy (non-hydrogen) atoms. The quantitative estimate of drug-likeness (QED) is 0.625. The van der Waals surface area contributed by atoms with Crippen LogP contribution >= 0.6 is 0 Å². The van der Waals surface area contributed by atoms with Crippen molar-refractivity contribution >= 4 is 0 Å². The van der Waals surface area contributed by atoms with Crippen LogP contribution in [-0.4, -0.2) is 17.3 Å². The van der Waals surface area contributed by atoms with Gasteiger partial charge in [-0.05, 0) is 49.5 Å². The van der Waals surface area contributed by atoms with Crippen molar-refractivity contribution in [2.45, 2.75) is 38.1 Å². The minimum absolute atomic E-state index is 0.0998. The van der Waals surface area contributed by atoms with E-state index in [-0.39, 0.29) is 6.04 Å². The fraction of sp³-hybridized carbons (Fsp3) is 0.714. The van der Waals surface area contributed by atoms with Crippen molar-refractivity contribution in [3.63, 3.8) is 0 Å². The van der Waals surface area contributed by atoms with Crippen molar-refractivity contribution in [3.8, 4) is 5.88 Å². The molecule has 0 aliphatic heterocycles. The summed E-state index contributed by atoms with van der Waals surface area (Å²) in [7, 11) is 1.59. The van der Waals surface area contributed by atoms with Gasteiger partial charge in [0.1, 0.15) is 0 Å². The maximum atomic E-state index is 5.70. The van der Waals surface area contributed by atoms with Crippen molar-refractivity contribution in [1.29, 1.82) is 0 Å². The lowest BCUT2D eigenvalue weighted by molar-refractivity contribution is 0.277. The lowest BCUT2D eigenvalue weighted by atomic mass is 9.83. The number of nitrogens with two attached hydrogens (primary N) is 1. The summed E-state index contributed by atoms with van der Waals surface area (Å²) >= 11 is 0. The fourth-order valence-corrected chi connectivity index (χ4v) is 3.87. The first-order valence-corrected chi connectivity index (χ1v) is 7.14. The van der Waals surface area contributed by atoms with Gasteiger partial charge in [0.25, 0.3) is 0 Å². The smallest absolute Gasteiger partial charge is 0.233 e. The topological polar surface area (TPSA) is 73.1 Å². The molecule has 0 saturated heterocycles. The Morgan fingerprint density at radius 3 is 2.79 bits per heavy atom. The molecule has 3 N–H and O–H groups in total. The molecule has 5 nitrogen and oxygen atoms in total. The predicted octanol–water partition coefficient (Wildman–Crippen LogP) is 1.82. The Hall–Kier alpha value is -1.20. The van der Waals surface area contributed by atoms with Gasteiger partial charge in [-0.15, -0.1) is 5.10 Å². The van der Waals surface area contributed by atoms with Crippen molar-refractivity contribution in [3.05, 3.63) is 17.8 Å². The summed E-state index contributed by atoms with van der Waals surface area (Å²) in [6, 6.07) is 3.89. The molecule has 1 heterocycles. The van der Waals surface area contributed by atoms with Crippen LogP contribution in [0.2, 0.25) is 0 Å². The minimum Gasteiger partial charge on any atom is -0.480 e. The van der Waals surface area contributed by atoms with E-state index in [1.54, 1.807) is 7.11 Å². The highest BCUT2D eigenvalue weighted by Crippen LogP contribution is 2.50. The number of hydrogen-bond donors (Lipinski definition) is 2. The first kappa shape index (κ1) is 12.8. The molecule has 0 radical (unpaired) electrons. The summed E-state index contributed by atoms with van der Waals surface area (Å²) in [6.45, 7) is 0. The molecule has 5 heteroatoms. The number of fused-ring (bicyclic) bond motifs is 2.